The van der Waals surface area contributed by atoms with Crippen molar-refractivity contribution in [3.8, 4) is 0 Å². The van der Waals surface area contributed by atoms with Gasteiger partial charge in [0.15, 0.2) is 0 Å². The van der Waals surface area contributed by atoms with Crippen LogP contribution in [0.3, 0.4) is 0 Å². The highest BCUT2D eigenvalue weighted by atomic mass is 16.6. The molecule has 0 spiro atoms. The quantitative estimate of drug-likeness (QED) is 0.574. The van der Waals surface area contributed by atoms with Crippen LogP contribution >= 0.6 is 0 Å². The summed E-state index contributed by atoms with van der Waals surface area (Å²) >= 11 is 0. The molecule has 0 aliphatic heterocycles. The minimum absolute atomic E-state index is 0.0565. The minimum Gasteiger partial charge on any atom is -0.277 e. The van der Waals surface area contributed by atoms with Crippen molar-refractivity contribution < 1.29 is 14.6 Å². The van der Waals surface area contributed by atoms with Crippen molar-refractivity contribution in [2.24, 2.45) is 0 Å². The Kier molecular flexibility index (Phi) is 3.14. The number of hydroxylamine groups is 1. The molecular formula is C8H8N2O4. The highest BCUT2D eigenvalue weighted by Gasteiger charge is 2.08. The molecule has 6 heteroatoms. The van der Waals surface area contributed by atoms with Crippen LogP contribution in [0.15, 0.2) is 24.3 Å². The lowest BCUT2D eigenvalue weighted by Gasteiger charge is -2.00. The Morgan fingerprint density at radius 2 is 2.00 bits per heavy atom. The number of carbonyl (C=O) groups excluding carboxylic acids is 1. The first-order valence-electron chi connectivity index (χ1n) is 3.73. The van der Waals surface area contributed by atoms with Crippen molar-refractivity contribution in [2.45, 2.75) is 0 Å². The van der Waals surface area contributed by atoms with Crippen LogP contribution in [0.25, 0.3) is 0 Å². The molecule has 0 unspecified atom stereocenters. The van der Waals surface area contributed by atoms with E-state index in [-0.39, 0.29) is 5.69 Å². The van der Waals surface area contributed by atoms with Gasteiger partial charge in [-0.2, -0.15) is 0 Å². The van der Waals surface area contributed by atoms with Crippen LogP contribution in [0.1, 0.15) is 10.4 Å². The van der Waals surface area contributed by atoms with Crippen molar-refractivity contribution >= 4 is 11.6 Å². The van der Waals surface area contributed by atoms with Crippen LogP contribution in [-0.2, 0) is 4.84 Å². The fourth-order valence-electron chi connectivity index (χ4n) is 0.886. The Hall–Kier alpha value is -1.95. The molecule has 74 valence electrons. The SMILES string of the molecule is CONC(=O)c1ccc([N+](=O)[O-])cc1. The zero-order valence-electron chi connectivity index (χ0n) is 7.39. The van der Waals surface area contributed by atoms with E-state index in [1.54, 1.807) is 0 Å². The predicted octanol–water partition coefficient (Wildman–Crippen LogP) is 0.886. The summed E-state index contributed by atoms with van der Waals surface area (Å²) in [6, 6.07) is 5.22. The van der Waals surface area contributed by atoms with E-state index in [9.17, 15) is 14.9 Å². The average Bonchev–Trinajstić information content (AvgIpc) is 2.18. The molecule has 14 heavy (non-hydrogen) atoms. The number of benzene rings is 1. The average molecular weight is 196 g/mol. The maximum absolute atomic E-state index is 11.1. The standard InChI is InChI=1S/C8H8N2O4/c1-14-9-8(11)6-2-4-7(5-3-6)10(12)13/h2-5H,1H3,(H,9,11). The van der Waals surface area contributed by atoms with Crippen molar-refractivity contribution in [1.82, 2.24) is 5.48 Å². The van der Waals surface area contributed by atoms with Crippen LogP contribution in [0.2, 0.25) is 0 Å². The first kappa shape index (κ1) is 10.1. The normalized spacial score (nSPS) is 9.50. The number of hydrogen-bond acceptors (Lipinski definition) is 4. The van der Waals surface area contributed by atoms with Crippen LogP contribution in [0.5, 0.6) is 0 Å². The smallest absolute Gasteiger partial charge is 0.274 e. The van der Waals surface area contributed by atoms with E-state index >= 15 is 0 Å². The zero-order valence-corrected chi connectivity index (χ0v) is 7.39. The van der Waals surface area contributed by atoms with Gasteiger partial charge in [0.1, 0.15) is 0 Å². The fraction of sp³-hybridized carbons (Fsp3) is 0.125. The molecular weight excluding hydrogens is 188 g/mol. The summed E-state index contributed by atoms with van der Waals surface area (Å²) in [5.41, 5.74) is 2.35. The Balaban J connectivity index is 2.83. The monoisotopic (exact) mass is 196 g/mol. The number of non-ortho nitro benzene ring substituents is 1. The highest BCUT2D eigenvalue weighted by Crippen LogP contribution is 2.11. The van der Waals surface area contributed by atoms with Gasteiger partial charge in [0, 0.05) is 17.7 Å². The number of nitrogens with zero attached hydrogens (tertiary/aromatic N) is 1. The zero-order chi connectivity index (χ0) is 10.6. The van der Waals surface area contributed by atoms with Crippen LogP contribution in [0.4, 0.5) is 5.69 Å². The Morgan fingerprint density at radius 3 is 2.43 bits per heavy atom. The Morgan fingerprint density at radius 1 is 1.43 bits per heavy atom. The van der Waals surface area contributed by atoms with Gasteiger partial charge in [0.05, 0.1) is 12.0 Å². The van der Waals surface area contributed by atoms with E-state index < -0.39 is 10.8 Å². The predicted molar refractivity (Wildman–Crippen MR) is 47.6 cm³/mol. The van der Waals surface area contributed by atoms with Crippen molar-refractivity contribution in [2.75, 3.05) is 7.11 Å². The van der Waals surface area contributed by atoms with Gasteiger partial charge in [-0.25, -0.2) is 5.48 Å². The summed E-state index contributed by atoms with van der Waals surface area (Å²) in [5.74, 6) is -0.442. The largest absolute Gasteiger partial charge is 0.277 e. The number of carbonyl (C=O) groups is 1. The molecule has 0 saturated heterocycles. The first-order chi connectivity index (χ1) is 6.65. The molecule has 1 aromatic carbocycles. The van der Waals surface area contributed by atoms with Gasteiger partial charge in [0.2, 0.25) is 0 Å². The summed E-state index contributed by atoms with van der Waals surface area (Å²) in [6.07, 6.45) is 0. The Labute approximate surface area is 79.6 Å². The molecule has 1 aromatic rings. The molecule has 0 aliphatic rings. The number of nitro groups is 1. The number of nitro benzene ring substituents is 1. The van der Waals surface area contributed by atoms with Crippen LogP contribution in [-0.4, -0.2) is 17.9 Å². The number of rotatable bonds is 3. The topological polar surface area (TPSA) is 81.5 Å². The highest BCUT2D eigenvalue weighted by molar-refractivity contribution is 5.93. The second-order valence-electron chi connectivity index (χ2n) is 2.44. The second-order valence-corrected chi connectivity index (χ2v) is 2.44. The van der Waals surface area contributed by atoms with E-state index in [2.05, 4.69) is 10.3 Å². The lowest BCUT2D eigenvalue weighted by atomic mass is 10.2. The van der Waals surface area contributed by atoms with E-state index in [4.69, 9.17) is 0 Å². The summed E-state index contributed by atoms with van der Waals surface area (Å²) in [5, 5.41) is 10.3. The van der Waals surface area contributed by atoms with Gasteiger partial charge in [-0.3, -0.25) is 19.7 Å². The van der Waals surface area contributed by atoms with E-state index in [1.807, 2.05) is 0 Å². The summed E-state index contributed by atoms with van der Waals surface area (Å²) < 4.78 is 0. The van der Waals surface area contributed by atoms with Crippen molar-refractivity contribution in [3.05, 3.63) is 39.9 Å². The van der Waals surface area contributed by atoms with E-state index in [0.29, 0.717) is 5.56 Å². The van der Waals surface area contributed by atoms with Gasteiger partial charge in [-0.1, -0.05) is 0 Å². The molecule has 0 aromatic heterocycles. The maximum Gasteiger partial charge on any atom is 0.274 e. The molecule has 0 fully saturated rings. The third kappa shape index (κ3) is 2.27. The molecule has 1 amide bonds. The minimum atomic E-state index is -0.530. The molecule has 0 heterocycles. The summed E-state index contributed by atoms with van der Waals surface area (Å²) in [7, 11) is 1.31. The third-order valence-electron chi connectivity index (χ3n) is 1.54. The van der Waals surface area contributed by atoms with Gasteiger partial charge < -0.3 is 0 Å². The molecule has 6 nitrogen and oxygen atoms in total. The number of amides is 1. The van der Waals surface area contributed by atoms with Crippen molar-refractivity contribution in [1.29, 1.82) is 0 Å². The van der Waals surface area contributed by atoms with Gasteiger partial charge in [0.25, 0.3) is 11.6 Å². The van der Waals surface area contributed by atoms with Crippen LogP contribution in [0, 0.1) is 10.1 Å². The lowest BCUT2D eigenvalue weighted by molar-refractivity contribution is -0.384. The molecule has 0 saturated carbocycles. The van der Waals surface area contributed by atoms with Crippen molar-refractivity contribution in [3.63, 3.8) is 0 Å². The summed E-state index contributed by atoms with van der Waals surface area (Å²) in [4.78, 5) is 25.3. The molecule has 1 rings (SSSR count). The second kappa shape index (κ2) is 4.33. The van der Waals surface area contributed by atoms with Gasteiger partial charge in [-0.15, -0.1) is 0 Å². The molecule has 0 radical (unpaired) electrons. The van der Waals surface area contributed by atoms with Crippen LogP contribution < -0.4 is 5.48 Å². The summed E-state index contributed by atoms with van der Waals surface area (Å²) in [6.45, 7) is 0. The molecule has 0 atom stereocenters. The molecule has 1 N–H and O–H groups in total. The number of nitrogens with one attached hydrogen (secondary N) is 1. The van der Waals surface area contributed by atoms with E-state index in [1.165, 1.54) is 31.4 Å². The van der Waals surface area contributed by atoms with Gasteiger partial charge in [-0.05, 0) is 12.1 Å². The van der Waals surface area contributed by atoms with Gasteiger partial charge >= 0.3 is 0 Å². The van der Waals surface area contributed by atoms with E-state index in [0.717, 1.165) is 0 Å². The third-order valence-corrected chi connectivity index (χ3v) is 1.54. The Bertz CT molecular complexity index is 347. The fourth-order valence-corrected chi connectivity index (χ4v) is 0.886. The lowest BCUT2D eigenvalue weighted by Crippen LogP contribution is -2.21. The molecule has 0 bridgehead atoms. The molecule has 0 aliphatic carbocycles. The number of hydrogen-bond donors (Lipinski definition) is 1. The first-order valence-corrected chi connectivity index (χ1v) is 3.73. The maximum atomic E-state index is 11.1.